The Bertz CT molecular complexity index is 513. The average molecular weight is 314 g/mol. The van der Waals surface area contributed by atoms with Gasteiger partial charge < -0.3 is 4.74 Å². The summed E-state index contributed by atoms with van der Waals surface area (Å²) in [6.45, 7) is 10.4. The monoisotopic (exact) mass is 314 g/mol. The van der Waals surface area contributed by atoms with Gasteiger partial charge in [0.15, 0.2) is 0 Å². The second-order valence-corrected chi connectivity index (χ2v) is 8.00. The van der Waals surface area contributed by atoms with Gasteiger partial charge in [-0.05, 0) is 63.2 Å². The second-order valence-electron chi connectivity index (χ2n) is 8.00. The van der Waals surface area contributed by atoms with Gasteiger partial charge in [-0.2, -0.15) is 0 Å². The molecule has 0 bridgehead atoms. The van der Waals surface area contributed by atoms with Crippen LogP contribution in [-0.4, -0.2) is 55.2 Å². The van der Waals surface area contributed by atoms with Crippen LogP contribution in [-0.2, 0) is 11.3 Å². The molecule has 1 aromatic rings. The van der Waals surface area contributed by atoms with Gasteiger partial charge in [0, 0.05) is 25.7 Å². The average Bonchev–Trinajstić information content (AvgIpc) is 3.22. The van der Waals surface area contributed by atoms with Crippen molar-refractivity contribution in [2.24, 2.45) is 5.41 Å². The maximum Gasteiger partial charge on any atom is 0.0622 e. The number of piperidine rings is 1. The molecule has 1 atom stereocenters. The van der Waals surface area contributed by atoms with E-state index in [9.17, 15) is 0 Å². The third-order valence-electron chi connectivity index (χ3n) is 6.33. The van der Waals surface area contributed by atoms with Crippen molar-refractivity contribution in [3.8, 4) is 0 Å². The molecule has 3 aliphatic rings. The minimum absolute atomic E-state index is 0.604. The van der Waals surface area contributed by atoms with Gasteiger partial charge in [0.2, 0.25) is 0 Å². The summed E-state index contributed by atoms with van der Waals surface area (Å²) in [5.74, 6) is 0. The number of nitrogens with zero attached hydrogens (tertiary/aromatic N) is 2. The Labute approximate surface area is 140 Å². The van der Waals surface area contributed by atoms with E-state index in [-0.39, 0.29) is 0 Å². The van der Waals surface area contributed by atoms with Gasteiger partial charge >= 0.3 is 0 Å². The summed E-state index contributed by atoms with van der Waals surface area (Å²) < 4.78 is 5.59. The van der Waals surface area contributed by atoms with Crippen LogP contribution in [0.1, 0.15) is 36.8 Å². The van der Waals surface area contributed by atoms with E-state index < -0.39 is 0 Å². The van der Waals surface area contributed by atoms with Crippen LogP contribution in [0.25, 0.3) is 0 Å². The number of hydrogen-bond acceptors (Lipinski definition) is 3. The van der Waals surface area contributed by atoms with Crippen LogP contribution in [0.5, 0.6) is 0 Å². The molecule has 0 aliphatic carbocycles. The lowest BCUT2D eigenvalue weighted by atomic mass is 9.77. The third-order valence-corrected chi connectivity index (χ3v) is 6.33. The van der Waals surface area contributed by atoms with Gasteiger partial charge in [-0.3, -0.25) is 9.80 Å². The van der Waals surface area contributed by atoms with E-state index in [4.69, 9.17) is 4.74 Å². The van der Waals surface area contributed by atoms with Crippen LogP contribution in [0, 0.1) is 12.3 Å². The van der Waals surface area contributed by atoms with Crippen LogP contribution in [0.4, 0.5) is 0 Å². The van der Waals surface area contributed by atoms with E-state index in [2.05, 4.69) is 41.0 Å². The minimum Gasteiger partial charge on any atom is -0.380 e. The van der Waals surface area contributed by atoms with Crippen molar-refractivity contribution < 1.29 is 4.74 Å². The normalized spacial score (nSPS) is 28.7. The zero-order valence-corrected chi connectivity index (χ0v) is 14.5. The first-order valence-corrected chi connectivity index (χ1v) is 9.32. The SMILES string of the molecule is Cc1ccc(CN2CCC3(CC2)CCN(C2CCOC2)C3)cc1. The molecular weight excluding hydrogens is 284 g/mol. The molecule has 126 valence electrons. The molecule has 4 rings (SSSR count). The summed E-state index contributed by atoms with van der Waals surface area (Å²) in [6, 6.07) is 9.76. The molecule has 0 radical (unpaired) electrons. The van der Waals surface area contributed by atoms with Gasteiger partial charge in [-0.1, -0.05) is 29.8 Å². The van der Waals surface area contributed by atoms with Gasteiger partial charge in [-0.25, -0.2) is 0 Å². The predicted molar refractivity (Wildman–Crippen MR) is 93.5 cm³/mol. The van der Waals surface area contributed by atoms with E-state index in [0.29, 0.717) is 11.5 Å². The molecule has 1 aromatic carbocycles. The Morgan fingerprint density at radius 1 is 1.09 bits per heavy atom. The quantitative estimate of drug-likeness (QED) is 0.853. The summed E-state index contributed by atoms with van der Waals surface area (Å²) in [4.78, 5) is 5.37. The van der Waals surface area contributed by atoms with Crippen molar-refractivity contribution in [2.75, 3.05) is 39.4 Å². The van der Waals surface area contributed by atoms with E-state index in [1.54, 1.807) is 0 Å². The molecule has 3 aliphatic heterocycles. The summed E-state index contributed by atoms with van der Waals surface area (Å²) >= 11 is 0. The lowest BCUT2D eigenvalue weighted by Gasteiger charge is -2.40. The molecule has 0 amide bonds. The summed E-state index contributed by atoms with van der Waals surface area (Å²) in [7, 11) is 0. The first kappa shape index (κ1) is 15.6. The zero-order chi connectivity index (χ0) is 15.7. The molecule has 3 heteroatoms. The highest BCUT2D eigenvalue weighted by Crippen LogP contribution is 2.41. The van der Waals surface area contributed by atoms with Gasteiger partial charge in [-0.15, -0.1) is 0 Å². The highest BCUT2D eigenvalue weighted by molar-refractivity contribution is 5.21. The number of rotatable bonds is 3. The zero-order valence-electron chi connectivity index (χ0n) is 14.5. The molecule has 1 spiro atoms. The van der Waals surface area contributed by atoms with Crippen molar-refractivity contribution >= 4 is 0 Å². The fraction of sp³-hybridized carbons (Fsp3) is 0.700. The third kappa shape index (κ3) is 3.47. The fourth-order valence-electron chi connectivity index (χ4n) is 4.64. The van der Waals surface area contributed by atoms with E-state index in [0.717, 1.165) is 19.8 Å². The topological polar surface area (TPSA) is 15.7 Å². The molecule has 3 nitrogen and oxygen atoms in total. The lowest BCUT2D eigenvalue weighted by Crippen LogP contribution is -2.42. The van der Waals surface area contributed by atoms with Crippen molar-refractivity contribution in [2.45, 2.75) is 45.2 Å². The Kier molecular flexibility index (Phi) is 4.44. The summed E-state index contributed by atoms with van der Waals surface area (Å²) in [5, 5.41) is 0. The highest BCUT2D eigenvalue weighted by atomic mass is 16.5. The van der Waals surface area contributed by atoms with Gasteiger partial charge in [0.1, 0.15) is 0 Å². The smallest absolute Gasteiger partial charge is 0.0622 e. The van der Waals surface area contributed by atoms with Crippen LogP contribution in [0.15, 0.2) is 24.3 Å². The molecule has 3 fully saturated rings. The van der Waals surface area contributed by atoms with E-state index in [1.165, 1.54) is 63.0 Å². The molecule has 1 unspecified atom stereocenters. The number of ether oxygens (including phenoxy) is 1. The number of aryl methyl sites for hydroxylation is 1. The van der Waals surface area contributed by atoms with Crippen LogP contribution >= 0.6 is 0 Å². The first-order chi connectivity index (χ1) is 11.2. The van der Waals surface area contributed by atoms with Gasteiger partial charge in [0.05, 0.1) is 6.61 Å². The van der Waals surface area contributed by atoms with E-state index >= 15 is 0 Å². The molecule has 0 N–H and O–H groups in total. The Hall–Kier alpha value is -0.900. The molecule has 3 saturated heterocycles. The molecular formula is C20H30N2O. The van der Waals surface area contributed by atoms with Crippen molar-refractivity contribution in [1.29, 1.82) is 0 Å². The first-order valence-electron chi connectivity index (χ1n) is 9.32. The van der Waals surface area contributed by atoms with Crippen LogP contribution in [0.2, 0.25) is 0 Å². The lowest BCUT2D eigenvalue weighted by molar-refractivity contribution is 0.0924. The Morgan fingerprint density at radius 2 is 1.83 bits per heavy atom. The van der Waals surface area contributed by atoms with Crippen molar-refractivity contribution in [1.82, 2.24) is 9.80 Å². The van der Waals surface area contributed by atoms with Crippen LogP contribution in [0.3, 0.4) is 0 Å². The Morgan fingerprint density at radius 3 is 2.52 bits per heavy atom. The van der Waals surface area contributed by atoms with Gasteiger partial charge in [0.25, 0.3) is 0 Å². The number of benzene rings is 1. The molecule has 23 heavy (non-hydrogen) atoms. The van der Waals surface area contributed by atoms with Crippen molar-refractivity contribution in [3.63, 3.8) is 0 Å². The van der Waals surface area contributed by atoms with E-state index in [1.807, 2.05) is 0 Å². The maximum atomic E-state index is 5.59. The highest BCUT2D eigenvalue weighted by Gasteiger charge is 2.42. The van der Waals surface area contributed by atoms with Crippen molar-refractivity contribution in [3.05, 3.63) is 35.4 Å². The number of hydrogen-bond donors (Lipinski definition) is 0. The summed E-state index contributed by atoms with van der Waals surface area (Å²) in [5.41, 5.74) is 3.42. The van der Waals surface area contributed by atoms with Crippen LogP contribution < -0.4 is 0 Å². The summed E-state index contributed by atoms with van der Waals surface area (Å²) in [6.07, 6.45) is 5.41. The molecule has 0 saturated carbocycles. The fourth-order valence-corrected chi connectivity index (χ4v) is 4.64. The molecule has 3 heterocycles. The largest absolute Gasteiger partial charge is 0.380 e. The Balaban J connectivity index is 1.29. The maximum absolute atomic E-state index is 5.59. The number of likely N-dealkylation sites (tertiary alicyclic amines) is 2. The minimum atomic E-state index is 0.604. The second kappa shape index (κ2) is 6.54. The predicted octanol–water partition coefficient (Wildman–Crippen LogP) is 3.07. The molecule has 0 aromatic heterocycles. The standard InChI is InChI=1S/C20H30N2O/c1-17-2-4-18(5-3-17)14-21-10-7-20(8-11-21)9-12-22(16-20)19-6-13-23-15-19/h2-5,19H,6-16H2,1H3.